The number of benzene rings is 1. The summed E-state index contributed by atoms with van der Waals surface area (Å²) in [5.41, 5.74) is 3.73. The average Bonchev–Trinajstić information content (AvgIpc) is 3.42. The summed E-state index contributed by atoms with van der Waals surface area (Å²) >= 11 is 0. The third kappa shape index (κ3) is 4.59. The van der Waals surface area contributed by atoms with Crippen LogP contribution in [0.5, 0.6) is 0 Å². The van der Waals surface area contributed by atoms with Crippen LogP contribution < -0.4 is 10.6 Å². The molecule has 1 amide bonds. The van der Waals surface area contributed by atoms with Crippen LogP contribution in [0.1, 0.15) is 41.6 Å². The number of pyridine rings is 1. The number of amides is 1. The van der Waals surface area contributed by atoms with Gasteiger partial charge in [0.25, 0.3) is 5.91 Å². The van der Waals surface area contributed by atoms with E-state index in [4.69, 9.17) is 0 Å². The van der Waals surface area contributed by atoms with Crippen LogP contribution in [0.2, 0.25) is 0 Å². The Bertz CT molecular complexity index is 1180. The molecule has 0 radical (unpaired) electrons. The van der Waals surface area contributed by atoms with Gasteiger partial charge in [-0.2, -0.15) is 0 Å². The maximum Gasteiger partial charge on any atom is 0.254 e. The first-order valence-electron chi connectivity index (χ1n) is 11.3. The molecule has 0 atom stereocenters. The zero-order valence-electron chi connectivity index (χ0n) is 19.0. The van der Waals surface area contributed by atoms with E-state index >= 15 is 0 Å². The number of rotatable bonds is 7. The molecule has 0 saturated heterocycles. The minimum absolute atomic E-state index is 0.0175. The van der Waals surface area contributed by atoms with Crippen molar-refractivity contribution in [2.45, 2.75) is 50.7 Å². The lowest BCUT2D eigenvalue weighted by atomic mass is 9.86. The smallest absolute Gasteiger partial charge is 0.254 e. The lowest BCUT2D eigenvalue weighted by Gasteiger charge is -2.40. The number of carbonyl (C=O) groups is 1. The predicted octanol–water partition coefficient (Wildman–Crippen LogP) is 3.17. The fourth-order valence-corrected chi connectivity index (χ4v) is 4.11. The number of aromatic nitrogens is 4. The molecule has 0 spiro atoms. The Kier molecular flexibility index (Phi) is 5.57. The highest BCUT2D eigenvalue weighted by molar-refractivity contribution is 5.95. The van der Waals surface area contributed by atoms with Gasteiger partial charge >= 0.3 is 0 Å². The van der Waals surface area contributed by atoms with Crippen LogP contribution in [0, 0.1) is 12.7 Å². The molecule has 2 saturated carbocycles. The van der Waals surface area contributed by atoms with Crippen LogP contribution >= 0.6 is 0 Å². The minimum atomic E-state index is -0.537. The summed E-state index contributed by atoms with van der Waals surface area (Å²) in [5, 5.41) is 14.9. The Balaban J connectivity index is 1.35. The van der Waals surface area contributed by atoms with Crippen molar-refractivity contribution in [2.24, 2.45) is 0 Å². The molecule has 2 aliphatic carbocycles. The molecule has 5 rings (SSSR count). The van der Waals surface area contributed by atoms with Crippen LogP contribution in [0.3, 0.4) is 0 Å². The molecule has 8 nitrogen and oxygen atoms in total. The van der Waals surface area contributed by atoms with Crippen LogP contribution in [0.4, 0.5) is 10.1 Å². The zero-order chi connectivity index (χ0) is 23.1. The van der Waals surface area contributed by atoms with Crippen molar-refractivity contribution in [1.82, 2.24) is 30.2 Å². The van der Waals surface area contributed by atoms with Gasteiger partial charge in [-0.1, -0.05) is 5.21 Å². The van der Waals surface area contributed by atoms with E-state index < -0.39 is 11.7 Å². The SMILES string of the molecule is Cc1cc(F)c(C(=O)NC2CC2)cc1-n1cc(-c2cncc(NC3CC(N(C)C)C3)c2)nn1. The molecule has 33 heavy (non-hydrogen) atoms. The van der Waals surface area contributed by atoms with Crippen molar-refractivity contribution in [2.75, 3.05) is 19.4 Å². The lowest BCUT2D eigenvalue weighted by molar-refractivity contribution is 0.0947. The van der Waals surface area contributed by atoms with E-state index in [1.807, 2.05) is 12.3 Å². The molecule has 0 bridgehead atoms. The van der Waals surface area contributed by atoms with Gasteiger partial charge in [-0.3, -0.25) is 9.78 Å². The first-order valence-corrected chi connectivity index (χ1v) is 11.3. The summed E-state index contributed by atoms with van der Waals surface area (Å²) in [7, 11) is 4.22. The van der Waals surface area contributed by atoms with Crippen molar-refractivity contribution in [3.05, 3.63) is 53.7 Å². The fraction of sp³-hybridized carbons (Fsp3) is 0.417. The summed E-state index contributed by atoms with van der Waals surface area (Å²) in [4.78, 5) is 19.0. The van der Waals surface area contributed by atoms with Crippen molar-refractivity contribution >= 4 is 11.6 Å². The number of anilines is 1. The van der Waals surface area contributed by atoms with Gasteiger partial charge < -0.3 is 15.5 Å². The van der Waals surface area contributed by atoms with Gasteiger partial charge in [0.05, 0.1) is 23.1 Å². The zero-order valence-corrected chi connectivity index (χ0v) is 19.0. The lowest BCUT2D eigenvalue weighted by Crippen LogP contribution is -2.46. The maximum atomic E-state index is 14.5. The Labute approximate surface area is 192 Å². The van der Waals surface area contributed by atoms with Crippen molar-refractivity contribution in [3.8, 4) is 16.9 Å². The second-order valence-corrected chi connectivity index (χ2v) is 9.31. The number of carbonyl (C=O) groups excluding carboxylic acids is 1. The van der Waals surface area contributed by atoms with E-state index in [-0.39, 0.29) is 11.6 Å². The van der Waals surface area contributed by atoms with E-state index in [0.29, 0.717) is 29.0 Å². The fourth-order valence-electron chi connectivity index (χ4n) is 4.11. The van der Waals surface area contributed by atoms with Crippen LogP contribution in [-0.2, 0) is 0 Å². The first-order chi connectivity index (χ1) is 15.9. The molecule has 2 aromatic heterocycles. The van der Waals surface area contributed by atoms with E-state index in [1.165, 1.54) is 12.1 Å². The number of halogens is 1. The second-order valence-electron chi connectivity index (χ2n) is 9.31. The van der Waals surface area contributed by atoms with Gasteiger partial charge in [0.15, 0.2) is 0 Å². The van der Waals surface area contributed by atoms with Crippen LogP contribution in [0.15, 0.2) is 36.8 Å². The molecule has 0 unspecified atom stereocenters. The topological polar surface area (TPSA) is 88.0 Å². The third-order valence-corrected chi connectivity index (χ3v) is 6.43. The molecular formula is C24H28FN7O. The molecular weight excluding hydrogens is 421 g/mol. The van der Waals surface area contributed by atoms with E-state index in [1.54, 1.807) is 24.0 Å². The van der Waals surface area contributed by atoms with Gasteiger partial charge in [0.2, 0.25) is 0 Å². The van der Waals surface area contributed by atoms with Gasteiger partial charge in [0, 0.05) is 36.1 Å². The molecule has 2 N–H and O–H groups in total. The monoisotopic (exact) mass is 449 g/mol. The van der Waals surface area contributed by atoms with Crippen molar-refractivity contribution in [3.63, 3.8) is 0 Å². The van der Waals surface area contributed by atoms with Gasteiger partial charge in [-0.05, 0) is 70.5 Å². The first kappa shape index (κ1) is 21.5. The van der Waals surface area contributed by atoms with Gasteiger partial charge in [-0.15, -0.1) is 5.10 Å². The predicted molar refractivity (Wildman–Crippen MR) is 124 cm³/mol. The largest absolute Gasteiger partial charge is 0.381 e. The highest BCUT2D eigenvalue weighted by Gasteiger charge is 2.30. The molecule has 3 aromatic rings. The van der Waals surface area contributed by atoms with Crippen molar-refractivity contribution < 1.29 is 9.18 Å². The van der Waals surface area contributed by atoms with Crippen LogP contribution in [0.25, 0.3) is 16.9 Å². The quantitative estimate of drug-likeness (QED) is 0.576. The molecule has 1 aromatic carbocycles. The molecule has 0 aliphatic heterocycles. The highest BCUT2D eigenvalue weighted by atomic mass is 19.1. The number of hydrogen-bond donors (Lipinski definition) is 2. The summed E-state index contributed by atoms with van der Waals surface area (Å²) in [5.74, 6) is -0.933. The number of hydrogen-bond acceptors (Lipinski definition) is 6. The minimum Gasteiger partial charge on any atom is -0.381 e. The Morgan fingerprint density at radius 3 is 2.67 bits per heavy atom. The van der Waals surface area contributed by atoms with Crippen LogP contribution in [-0.4, -0.2) is 63.0 Å². The average molecular weight is 450 g/mol. The summed E-state index contributed by atoms with van der Waals surface area (Å²) < 4.78 is 16.0. The number of aryl methyl sites for hydroxylation is 1. The van der Waals surface area contributed by atoms with Crippen molar-refractivity contribution in [1.29, 1.82) is 0 Å². The van der Waals surface area contributed by atoms with E-state index in [2.05, 4.69) is 44.9 Å². The van der Waals surface area contributed by atoms with Gasteiger partial charge in [-0.25, -0.2) is 9.07 Å². The molecule has 172 valence electrons. The standard InChI is InChI=1S/C24H28FN7O/c1-14-6-21(25)20(24(33)28-16-4-5-16)10-23(14)32-13-22(29-30-32)15-7-18(12-26-11-15)27-17-8-19(9-17)31(2)3/h6-7,10-13,16-17,19,27H,4-5,8-9H2,1-3H3,(H,28,33). The molecule has 2 heterocycles. The van der Waals surface area contributed by atoms with Gasteiger partial charge in [0.1, 0.15) is 11.5 Å². The summed E-state index contributed by atoms with van der Waals surface area (Å²) in [6, 6.07) is 6.12. The van der Waals surface area contributed by atoms with E-state index in [0.717, 1.165) is 36.9 Å². The highest BCUT2D eigenvalue weighted by Crippen LogP contribution is 2.29. The summed E-state index contributed by atoms with van der Waals surface area (Å²) in [6.45, 7) is 1.79. The normalized spacial score (nSPS) is 19.9. The summed E-state index contributed by atoms with van der Waals surface area (Å²) in [6.07, 6.45) is 9.42. The Morgan fingerprint density at radius 2 is 1.94 bits per heavy atom. The van der Waals surface area contributed by atoms with E-state index in [9.17, 15) is 9.18 Å². The molecule has 9 heteroatoms. The maximum absolute atomic E-state index is 14.5. The molecule has 2 fully saturated rings. The molecule has 2 aliphatic rings. The number of nitrogens with zero attached hydrogens (tertiary/aromatic N) is 5. The third-order valence-electron chi connectivity index (χ3n) is 6.43. The number of nitrogens with one attached hydrogen (secondary N) is 2. The second kappa shape index (κ2) is 8.55. The Hall–Kier alpha value is -3.33. The Morgan fingerprint density at radius 1 is 1.15 bits per heavy atom.